The molecule has 1 aromatic carbocycles. The molecule has 130 valence electrons. The molecule has 6 heteroatoms. The lowest BCUT2D eigenvalue weighted by Gasteiger charge is -2.25. The van der Waals surface area contributed by atoms with Gasteiger partial charge in [0.25, 0.3) is 0 Å². The van der Waals surface area contributed by atoms with Crippen molar-refractivity contribution in [2.75, 3.05) is 27.7 Å². The quantitative estimate of drug-likeness (QED) is 0.843. The van der Waals surface area contributed by atoms with E-state index in [1.807, 2.05) is 52.2 Å². The van der Waals surface area contributed by atoms with E-state index in [9.17, 15) is 4.79 Å². The Bertz CT molecular complexity index is 658. The molecule has 1 aromatic heterocycles. The van der Waals surface area contributed by atoms with E-state index >= 15 is 0 Å². The molecule has 0 spiro atoms. The summed E-state index contributed by atoms with van der Waals surface area (Å²) in [4.78, 5) is 14.3. The Hall–Kier alpha value is -2.34. The van der Waals surface area contributed by atoms with E-state index in [1.165, 1.54) is 0 Å². The largest absolute Gasteiger partial charge is 0.497 e. The summed E-state index contributed by atoms with van der Waals surface area (Å²) in [6.07, 6.45) is 0.282. The first-order valence-corrected chi connectivity index (χ1v) is 7.91. The number of aromatic nitrogens is 1. The van der Waals surface area contributed by atoms with Gasteiger partial charge in [0.05, 0.1) is 25.3 Å². The zero-order chi connectivity index (χ0) is 17.7. The first-order chi connectivity index (χ1) is 11.4. The Morgan fingerprint density at radius 3 is 2.46 bits per heavy atom. The van der Waals surface area contributed by atoms with Gasteiger partial charge in [-0.15, -0.1) is 0 Å². The second kappa shape index (κ2) is 7.97. The van der Waals surface area contributed by atoms with Crippen molar-refractivity contribution in [1.82, 2.24) is 15.4 Å². The molecule has 6 nitrogen and oxygen atoms in total. The summed E-state index contributed by atoms with van der Waals surface area (Å²) >= 11 is 0. The van der Waals surface area contributed by atoms with Crippen LogP contribution in [0.5, 0.6) is 5.75 Å². The number of benzene rings is 1. The summed E-state index contributed by atoms with van der Waals surface area (Å²) in [6.45, 7) is 4.20. The van der Waals surface area contributed by atoms with Crippen LogP contribution in [0.2, 0.25) is 0 Å². The fourth-order valence-corrected chi connectivity index (χ4v) is 2.61. The Kier molecular flexibility index (Phi) is 5.98. The molecule has 0 aliphatic carbocycles. The topological polar surface area (TPSA) is 67.6 Å². The second-order valence-electron chi connectivity index (χ2n) is 6.04. The summed E-state index contributed by atoms with van der Waals surface area (Å²) in [6, 6.07) is 7.98. The molecular weight excluding hydrogens is 306 g/mol. The van der Waals surface area contributed by atoms with Gasteiger partial charge in [-0.2, -0.15) is 0 Å². The molecule has 0 saturated heterocycles. The van der Waals surface area contributed by atoms with Crippen molar-refractivity contribution in [2.45, 2.75) is 26.3 Å². The molecule has 24 heavy (non-hydrogen) atoms. The number of ether oxygens (including phenoxy) is 1. The van der Waals surface area contributed by atoms with Gasteiger partial charge < -0.3 is 19.5 Å². The number of carbonyl (C=O) groups is 1. The highest BCUT2D eigenvalue weighted by Crippen LogP contribution is 2.21. The molecule has 1 heterocycles. The van der Waals surface area contributed by atoms with Gasteiger partial charge >= 0.3 is 0 Å². The number of methoxy groups -OCH3 is 1. The lowest BCUT2D eigenvalue weighted by Crippen LogP contribution is -2.35. The third kappa shape index (κ3) is 4.35. The monoisotopic (exact) mass is 331 g/mol. The van der Waals surface area contributed by atoms with E-state index in [4.69, 9.17) is 9.26 Å². The maximum Gasteiger partial charge on any atom is 0.224 e. The van der Waals surface area contributed by atoms with Crippen LogP contribution in [-0.4, -0.2) is 43.7 Å². The third-order valence-corrected chi connectivity index (χ3v) is 4.14. The van der Waals surface area contributed by atoms with E-state index in [-0.39, 0.29) is 18.4 Å². The lowest BCUT2D eigenvalue weighted by molar-refractivity contribution is -0.120. The van der Waals surface area contributed by atoms with Gasteiger partial charge in [0.15, 0.2) is 0 Å². The van der Waals surface area contributed by atoms with Gasteiger partial charge in [-0.25, -0.2) is 0 Å². The first kappa shape index (κ1) is 18.0. The van der Waals surface area contributed by atoms with Crippen LogP contribution in [0.15, 0.2) is 28.8 Å². The van der Waals surface area contributed by atoms with Crippen molar-refractivity contribution < 1.29 is 14.1 Å². The molecule has 0 aliphatic rings. The van der Waals surface area contributed by atoms with Crippen molar-refractivity contribution >= 4 is 5.91 Å². The molecule has 0 bridgehead atoms. The third-order valence-electron chi connectivity index (χ3n) is 4.14. The maximum atomic E-state index is 12.3. The summed E-state index contributed by atoms with van der Waals surface area (Å²) in [5.74, 6) is 1.48. The molecule has 0 unspecified atom stereocenters. The van der Waals surface area contributed by atoms with E-state index in [0.29, 0.717) is 12.3 Å². The average molecular weight is 331 g/mol. The molecule has 1 N–H and O–H groups in total. The van der Waals surface area contributed by atoms with Gasteiger partial charge in [-0.3, -0.25) is 4.79 Å². The highest BCUT2D eigenvalue weighted by Gasteiger charge is 2.17. The molecule has 0 aliphatic heterocycles. The minimum atomic E-state index is -0.0373. The van der Waals surface area contributed by atoms with E-state index < -0.39 is 0 Å². The minimum Gasteiger partial charge on any atom is -0.497 e. The van der Waals surface area contributed by atoms with Crippen molar-refractivity contribution in [2.24, 2.45) is 0 Å². The summed E-state index contributed by atoms with van der Waals surface area (Å²) < 4.78 is 10.3. The van der Waals surface area contributed by atoms with Crippen molar-refractivity contribution in [3.8, 4) is 5.75 Å². The van der Waals surface area contributed by atoms with Crippen LogP contribution in [0.25, 0.3) is 0 Å². The van der Waals surface area contributed by atoms with Gasteiger partial charge in [-0.05, 0) is 45.6 Å². The molecule has 1 atom stereocenters. The fraction of sp³-hybridized carbons (Fsp3) is 0.444. The number of amides is 1. The van der Waals surface area contributed by atoms with Crippen molar-refractivity contribution in [3.63, 3.8) is 0 Å². The predicted octanol–water partition coefficient (Wildman–Crippen LogP) is 2.26. The Labute approximate surface area is 142 Å². The summed E-state index contributed by atoms with van der Waals surface area (Å²) in [5.41, 5.74) is 2.75. The normalized spacial score (nSPS) is 12.2. The number of hydrogen-bond donors (Lipinski definition) is 1. The zero-order valence-electron chi connectivity index (χ0n) is 14.9. The number of carbonyl (C=O) groups excluding carboxylic acids is 1. The Morgan fingerprint density at radius 2 is 1.96 bits per heavy atom. The maximum absolute atomic E-state index is 12.3. The lowest BCUT2D eigenvalue weighted by atomic mass is 10.1. The van der Waals surface area contributed by atoms with Crippen LogP contribution in [0, 0.1) is 13.8 Å². The molecular formula is C18H25N3O3. The fourth-order valence-electron chi connectivity index (χ4n) is 2.61. The minimum absolute atomic E-state index is 0.0373. The Balaban J connectivity index is 1.99. The second-order valence-corrected chi connectivity index (χ2v) is 6.04. The highest BCUT2D eigenvalue weighted by molar-refractivity contribution is 5.79. The van der Waals surface area contributed by atoms with E-state index in [0.717, 1.165) is 22.6 Å². The Morgan fingerprint density at radius 1 is 1.29 bits per heavy atom. The van der Waals surface area contributed by atoms with Crippen LogP contribution in [0.4, 0.5) is 0 Å². The molecule has 0 fully saturated rings. The van der Waals surface area contributed by atoms with Crippen molar-refractivity contribution in [1.29, 1.82) is 0 Å². The number of nitrogens with zero attached hydrogens (tertiary/aromatic N) is 2. The van der Waals surface area contributed by atoms with Gasteiger partial charge in [0, 0.05) is 12.1 Å². The van der Waals surface area contributed by atoms with Crippen LogP contribution >= 0.6 is 0 Å². The summed E-state index contributed by atoms with van der Waals surface area (Å²) in [5, 5.41) is 6.88. The van der Waals surface area contributed by atoms with Gasteiger partial charge in [0.1, 0.15) is 11.5 Å². The first-order valence-electron chi connectivity index (χ1n) is 7.91. The standard InChI is InChI=1S/C18H25N3O3/c1-12-16(13(2)24-20-12)10-18(22)19-11-17(21(3)4)14-6-8-15(23-5)9-7-14/h6-9,17H,10-11H2,1-5H3,(H,19,22)/t17-/m0/s1. The molecule has 0 saturated carbocycles. The zero-order valence-corrected chi connectivity index (χ0v) is 14.9. The molecule has 2 rings (SSSR count). The number of aryl methyl sites for hydroxylation is 2. The van der Waals surface area contributed by atoms with Gasteiger partial charge in [-0.1, -0.05) is 17.3 Å². The number of rotatable bonds is 7. The molecule has 0 radical (unpaired) electrons. The van der Waals surface area contributed by atoms with Crippen LogP contribution in [0.1, 0.15) is 28.6 Å². The molecule has 1 amide bonds. The van der Waals surface area contributed by atoms with Crippen LogP contribution in [-0.2, 0) is 11.2 Å². The van der Waals surface area contributed by atoms with E-state index in [2.05, 4.69) is 15.4 Å². The predicted molar refractivity (Wildman–Crippen MR) is 92.1 cm³/mol. The van der Waals surface area contributed by atoms with Crippen LogP contribution in [0.3, 0.4) is 0 Å². The SMILES string of the molecule is COc1ccc([C@H](CNC(=O)Cc2c(C)noc2C)N(C)C)cc1. The van der Waals surface area contributed by atoms with E-state index in [1.54, 1.807) is 7.11 Å². The number of likely N-dealkylation sites (N-methyl/N-ethyl adjacent to an activating group) is 1. The average Bonchev–Trinajstić information content (AvgIpc) is 2.87. The molecule has 2 aromatic rings. The van der Waals surface area contributed by atoms with Gasteiger partial charge in [0.2, 0.25) is 5.91 Å². The highest BCUT2D eigenvalue weighted by atomic mass is 16.5. The number of nitrogens with one attached hydrogen (secondary N) is 1. The van der Waals surface area contributed by atoms with Crippen LogP contribution < -0.4 is 10.1 Å². The smallest absolute Gasteiger partial charge is 0.224 e. The number of hydrogen-bond acceptors (Lipinski definition) is 5. The summed E-state index contributed by atoms with van der Waals surface area (Å²) in [7, 11) is 5.64. The van der Waals surface area contributed by atoms with Crippen molar-refractivity contribution in [3.05, 3.63) is 46.8 Å².